The van der Waals surface area contributed by atoms with E-state index in [9.17, 15) is 22.8 Å². The van der Waals surface area contributed by atoms with Crippen LogP contribution in [0.4, 0.5) is 18.9 Å². The normalized spacial score (nSPS) is 25.1. The molecular weight excluding hydrogens is 577 g/mol. The smallest absolute Gasteiger partial charge is 0.417 e. The highest BCUT2D eigenvalue weighted by Gasteiger charge is 2.69. The van der Waals surface area contributed by atoms with Crippen LogP contribution in [0.25, 0.3) is 10.8 Å². The summed E-state index contributed by atoms with van der Waals surface area (Å²) in [4.78, 5) is 27.6. The number of hydrogen-bond donors (Lipinski definition) is 0. The Morgan fingerprint density at radius 3 is 2.31 bits per heavy atom. The fraction of sp³-hybridized carbons (Fsp3) is 0.378. The summed E-state index contributed by atoms with van der Waals surface area (Å²) in [5.74, 6) is -1.27. The Labute approximate surface area is 262 Å². The van der Waals surface area contributed by atoms with Crippen molar-refractivity contribution in [3.8, 4) is 18.9 Å². The van der Waals surface area contributed by atoms with Gasteiger partial charge in [-0.25, -0.2) is 0 Å². The zero-order valence-electron chi connectivity index (χ0n) is 25.9. The molecule has 234 valence electrons. The minimum atomic E-state index is -4.75. The van der Waals surface area contributed by atoms with Gasteiger partial charge in [0.15, 0.2) is 0 Å². The lowest BCUT2D eigenvalue weighted by Gasteiger charge is -2.43. The molecule has 5 rings (SSSR count). The molecule has 2 bridgehead atoms. The van der Waals surface area contributed by atoms with Crippen molar-refractivity contribution in [1.29, 1.82) is 5.26 Å². The molecule has 0 heterocycles. The first kappa shape index (κ1) is 33.3. The quantitative estimate of drug-likeness (QED) is 0.147. The number of carbonyl (C=O) groups is 2. The van der Waals surface area contributed by atoms with Crippen molar-refractivity contribution in [2.45, 2.75) is 58.7 Å². The van der Waals surface area contributed by atoms with Gasteiger partial charge in [0.05, 0.1) is 28.9 Å². The standard InChI is InChI=1S/C35H35F3N2O3.C2H2/c1-6-22-7-9-25-15-23(8-10-24(25)14-22)13-21(2)43-30-17-33(3)20-34(30,4)29(19-41)31(33)32(42)40(5)27-12-11-26(18-39)28(16-27)35(36,37)38;1-2/h7-12,14-16,19,29-31H,2,6,13,17,20H2,1,3-5H3;1-2H/t29-,30+,31-,33+,34-;/m1./s1. The van der Waals surface area contributed by atoms with Crippen molar-refractivity contribution in [3.63, 3.8) is 0 Å². The van der Waals surface area contributed by atoms with Crippen molar-refractivity contribution >= 4 is 28.7 Å². The number of alkyl halides is 3. The summed E-state index contributed by atoms with van der Waals surface area (Å²) in [7, 11) is 1.41. The second kappa shape index (κ2) is 12.4. The summed E-state index contributed by atoms with van der Waals surface area (Å²) in [6.45, 7) is 10.2. The molecular formula is C37H37F3N2O3. The Morgan fingerprint density at radius 1 is 1.11 bits per heavy atom. The van der Waals surface area contributed by atoms with Gasteiger partial charge in [-0.15, -0.1) is 12.8 Å². The van der Waals surface area contributed by atoms with Crippen LogP contribution in [0.2, 0.25) is 0 Å². The third-order valence-corrected chi connectivity index (χ3v) is 9.69. The molecule has 3 aromatic carbocycles. The maximum absolute atomic E-state index is 13.8. The van der Waals surface area contributed by atoms with Crippen molar-refractivity contribution < 1.29 is 27.5 Å². The average molecular weight is 615 g/mol. The second-order valence-electron chi connectivity index (χ2n) is 12.6. The van der Waals surface area contributed by atoms with Crippen molar-refractivity contribution in [2.75, 3.05) is 11.9 Å². The van der Waals surface area contributed by atoms with Crippen LogP contribution in [0, 0.1) is 46.8 Å². The largest absolute Gasteiger partial charge is 0.494 e. The zero-order chi connectivity index (χ0) is 33.3. The molecule has 0 radical (unpaired) electrons. The highest BCUT2D eigenvalue weighted by atomic mass is 19.4. The SMILES string of the molecule is C#C.C=C(Cc1ccc2cc(CC)ccc2c1)O[C@H]1C[C@@]2(C)C[C@]1(C)[C@H](C=O)[C@@H]2C(=O)N(C)c1ccc(C#N)c(C(F)(F)F)c1. The molecule has 2 saturated carbocycles. The van der Waals surface area contributed by atoms with Gasteiger partial charge in [-0.05, 0) is 64.8 Å². The van der Waals surface area contributed by atoms with E-state index in [1.165, 1.54) is 29.0 Å². The Bertz CT molecular complexity index is 1700. The van der Waals surface area contributed by atoms with Crippen LogP contribution in [0.5, 0.6) is 0 Å². The Kier molecular flexibility index (Phi) is 9.22. The number of halogens is 3. The van der Waals surface area contributed by atoms with E-state index in [0.29, 0.717) is 25.0 Å². The van der Waals surface area contributed by atoms with Crippen LogP contribution in [-0.2, 0) is 33.3 Å². The van der Waals surface area contributed by atoms with Crippen LogP contribution >= 0.6 is 0 Å². The molecule has 1 amide bonds. The van der Waals surface area contributed by atoms with Gasteiger partial charge < -0.3 is 14.4 Å². The van der Waals surface area contributed by atoms with E-state index in [1.807, 2.05) is 13.8 Å². The molecule has 2 aliphatic carbocycles. The summed E-state index contributed by atoms with van der Waals surface area (Å²) in [5, 5.41) is 11.4. The van der Waals surface area contributed by atoms with Gasteiger partial charge >= 0.3 is 6.18 Å². The van der Waals surface area contributed by atoms with Gasteiger partial charge in [-0.3, -0.25) is 4.79 Å². The molecule has 8 heteroatoms. The minimum absolute atomic E-state index is 0.0139. The number of hydrogen-bond acceptors (Lipinski definition) is 4. The van der Waals surface area contributed by atoms with Gasteiger partial charge in [-0.2, -0.15) is 18.4 Å². The molecule has 0 aliphatic heterocycles. The Morgan fingerprint density at radius 2 is 1.73 bits per heavy atom. The number of ether oxygens (including phenoxy) is 1. The highest BCUT2D eigenvalue weighted by Crippen LogP contribution is 2.67. The molecule has 0 N–H and O–H groups in total. The van der Waals surface area contributed by atoms with E-state index in [1.54, 1.807) is 6.07 Å². The molecule has 3 aromatic rings. The lowest BCUT2D eigenvalue weighted by Crippen LogP contribution is -2.49. The Balaban J connectivity index is 0.00000226. The first-order chi connectivity index (χ1) is 21.2. The lowest BCUT2D eigenvalue weighted by atomic mass is 9.66. The number of fused-ring (bicyclic) bond motifs is 3. The topological polar surface area (TPSA) is 70.4 Å². The minimum Gasteiger partial charge on any atom is -0.494 e. The number of allylic oxidation sites excluding steroid dienone is 1. The number of aldehydes is 1. The van der Waals surface area contributed by atoms with Crippen LogP contribution < -0.4 is 4.90 Å². The number of rotatable bonds is 8. The fourth-order valence-electron chi connectivity index (χ4n) is 7.51. The van der Waals surface area contributed by atoms with Gasteiger partial charge in [0.1, 0.15) is 12.4 Å². The van der Waals surface area contributed by atoms with Crippen molar-refractivity contribution in [1.82, 2.24) is 0 Å². The van der Waals surface area contributed by atoms with E-state index in [-0.39, 0.29) is 11.8 Å². The molecule has 0 spiro atoms. The maximum Gasteiger partial charge on any atom is 0.417 e. The summed E-state index contributed by atoms with van der Waals surface area (Å²) in [6.07, 6.45) is 6.26. The number of carbonyl (C=O) groups excluding carboxylic acids is 2. The number of nitrogens with zero attached hydrogens (tertiary/aromatic N) is 2. The molecule has 5 atom stereocenters. The number of terminal acetylenes is 1. The predicted octanol–water partition coefficient (Wildman–Crippen LogP) is 7.90. The van der Waals surface area contributed by atoms with Crippen molar-refractivity contribution in [2.24, 2.45) is 22.7 Å². The summed E-state index contributed by atoms with van der Waals surface area (Å²) < 4.78 is 47.2. The molecule has 0 aromatic heterocycles. The first-order valence-electron chi connectivity index (χ1n) is 14.8. The summed E-state index contributed by atoms with van der Waals surface area (Å²) in [5.41, 5.74) is -0.519. The molecule has 0 saturated heterocycles. The van der Waals surface area contributed by atoms with Crippen LogP contribution in [0.3, 0.4) is 0 Å². The molecule has 0 unspecified atom stereocenters. The monoisotopic (exact) mass is 614 g/mol. The van der Waals surface area contributed by atoms with E-state index in [4.69, 9.17) is 10.00 Å². The zero-order valence-corrected chi connectivity index (χ0v) is 25.9. The molecule has 45 heavy (non-hydrogen) atoms. The van der Waals surface area contributed by atoms with E-state index >= 15 is 0 Å². The summed E-state index contributed by atoms with van der Waals surface area (Å²) >= 11 is 0. The van der Waals surface area contributed by atoms with E-state index in [0.717, 1.165) is 35.8 Å². The number of amides is 1. The van der Waals surface area contributed by atoms with Crippen LogP contribution in [0.1, 0.15) is 55.9 Å². The molecule has 2 fully saturated rings. The highest BCUT2D eigenvalue weighted by molar-refractivity contribution is 5.97. The van der Waals surface area contributed by atoms with Gasteiger partial charge in [0, 0.05) is 30.5 Å². The number of benzene rings is 3. The Hall–Kier alpha value is -4.56. The van der Waals surface area contributed by atoms with Crippen molar-refractivity contribution in [3.05, 3.63) is 89.2 Å². The third kappa shape index (κ3) is 6.07. The average Bonchev–Trinajstić information content (AvgIpc) is 3.41. The summed E-state index contributed by atoms with van der Waals surface area (Å²) in [6, 6.07) is 17.5. The van der Waals surface area contributed by atoms with Crippen LogP contribution in [-0.4, -0.2) is 25.3 Å². The molecule has 2 aliphatic rings. The van der Waals surface area contributed by atoms with E-state index in [2.05, 4.69) is 62.7 Å². The predicted molar refractivity (Wildman–Crippen MR) is 169 cm³/mol. The number of anilines is 1. The lowest BCUT2D eigenvalue weighted by molar-refractivity contribution is -0.138. The molecule has 5 nitrogen and oxygen atoms in total. The van der Waals surface area contributed by atoms with Gasteiger partial charge in [0.25, 0.3) is 0 Å². The number of aryl methyl sites for hydroxylation is 1. The van der Waals surface area contributed by atoms with Gasteiger partial charge in [0.2, 0.25) is 5.91 Å². The van der Waals surface area contributed by atoms with Gasteiger partial charge in [-0.1, -0.05) is 63.7 Å². The van der Waals surface area contributed by atoms with Crippen LogP contribution in [0.15, 0.2) is 66.9 Å². The third-order valence-electron chi connectivity index (χ3n) is 9.69. The first-order valence-corrected chi connectivity index (χ1v) is 14.8. The fourth-order valence-corrected chi connectivity index (χ4v) is 7.51. The van der Waals surface area contributed by atoms with E-state index < -0.39 is 45.9 Å². The second-order valence-corrected chi connectivity index (χ2v) is 12.6. The maximum atomic E-state index is 13.8. The number of nitriles is 1.